The summed E-state index contributed by atoms with van der Waals surface area (Å²) in [5.41, 5.74) is 0.210. The first-order valence-corrected chi connectivity index (χ1v) is 5.44. The molecule has 0 bridgehead atoms. The number of rotatable bonds is 6. The third-order valence-corrected chi connectivity index (χ3v) is 3.04. The van der Waals surface area contributed by atoms with Crippen molar-refractivity contribution in [1.29, 1.82) is 0 Å². The second-order valence-electron chi connectivity index (χ2n) is 4.37. The Hall–Kier alpha value is -1.13. The third kappa shape index (κ3) is 2.93. The molecule has 0 radical (unpaired) electrons. The van der Waals surface area contributed by atoms with Gasteiger partial charge >= 0.3 is 0 Å². The van der Waals surface area contributed by atoms with Gasteiger partial charge in [0.1, 0.15) is 11.6 Å². The zero-order valence-electron chi connectivity index (χ0n) is 9.12. The zero-order valence-corrected chi connectivity index (χ0v) is 9.12. The van der Waals surface area contributed by atoms with Crippen LogP contribution in [0.1, 0.15) is 19.3 Å². The van der Waals surface area contributed by atoms with Crippen LogP contribution < -0.4 is 10.6 Å². The van der Waals surface area contributed by atoms with Crippen molar-refractivity contribution in [3.8, 4) is 5.75 Å². The van der Waals surface area contributed by atoms with Crippen LogP contribution in [0.15, 0.2) is 24.3 Å². The van der Waals surface area contributed by atoms with Gasteiger partial charge in [-0.05, 0) is 36.8 Å². The van der Waals surface area contributed by atoms with Crippen LogP contribution in [0.2, 0.25) is 0 Å². The molecule has 3 nitrogen and oxygen atoms in total. The van der Waals surface area contributed by atoms with Gasteiger partial charge in [0.2, 0.25) is 0 Å². The van der Waals surface area contributed by atoms with Crippen molar-refractivity contribution in [2.75, 3.05) is 13.2 Å². The first-order valence-electron chi connectivity index (χ1n) is 5.44. The van der Waals surface area contributed by atoms with Gasteiger partial charge in [-0.3, -0.25) is 0 Å². The zero-order chi connectivity index (χ0) is 11.4. The maximum absolute atomic E-state index is 12.8. The Morgan fingerprint density at radius 3 is 2.81 bits per heavy atom. The molecule has 0 heterocycles. The average Bonchev–Trinajstić information content (AvgIpc) is 2.99. The van der Waals surface area contributed by atoms with E-state index in [9.17, 15) is 4.39 Å². The van der Waals surface area contributed by atoms with Gasteiger partial charge in [0.05, 0.1) is 13.2 Å². The van der Waals surface area contributed by atoms with E-state index < -0.39 is 0 Å². The number of benzene rings is 1. The van der Waals surface area contributed by atoms with Gasteiger partial charge in [0, 0.05) is 6.07 Å². The molecule has 4 heteroatoms. The van der Waals surface area contributed by atoms with Crippen molar-refractivity contribution in [2.24, 2.45) is 11.3 Å². The van der Waals surface area contributed by atoms with E-state index in [1.807, 2.05) is 0 Å². The lowest BCUT2D eigenvalue weighted by atomic mass is 10.1. The van der Waals surface area contributed by atoms with E-state index in [-0.39, 0.29) is 11.2 Å². The lowest BCUT2D eigenvalue weighted by molar-refractivity contribution is 0.0810. The predicted molar refractivity (Wildman–Crippen MR) is 58.3 cm³/mol. The minimum atomic E-state index is -0.274. The fourth-order valence-electron chi connectivity index (χ4n) is 1.76. The van der Waals surface area contributed by atoms with Crippen molar-refractivity contribution >= 4 is 0 Å². The highest BCUT2D eigenvalue weighted by Crippen LogP contribution is 2.48. The number of halogens is 1. The van der Waals surface area contributed by atoms with Crippen LogP contribution in [0.3, 0.4) is 0 Å². The molecule has 0 saturated heterocycles. The highest BCUT2D eigenvalue weighted by molar-refractivity contribution is 5.22. The molecule has 0 aliphatic heterocycles. The summed E-state index contributed by atoms with van der Waals surface area (Å²) in [5, 5.41) is 0. The van der Waals surface area contributed by atoms with Gasteiger partial charge in [-0.15, -0.1) is 0 Å². The van der Waals surface area contributed by atoms with Gasteiger partial charge in [-0.2, -0.15) is 0 Å². The summed E-state index contributed by atoms with van der Waals surface area (Å²) in [5.74, 6) is 5.37. The molecule has 88 valence electrons. The fraction of sp³-hybridized carbons (Fsp3) is 0.500. The van der Waals surface area contributed by atoms with E-state index in [1.54, 1.807) is 12.1 Å². The van der Waals surface area contributed by atoms with Crippen LogP contribution in [0.5, 0.6) is 5.75 Å². The monoisotopic (exact) mass is 225 g/mol. The van der Waals surface area contributed by atoms with Crippen LogP contribution >= 0.6 is 0 Å². The normalized spacial score (nSPS) is 17.1. The Labute approximate surface area is 94.3 Å². The van der Waals surface area contributed by atoms with E-state index >= 15 is 0 Å². The molecule has 0 unspecified atom stereocenters. The lowest BCUT2D eigenvalue weighted by Gasteiger charge is -2.13. The predicted octanol–water partition coefficient (Wildman–Crippen LogP) is 2.27. The Bertz CT molecular complexity index is 353. The number of hydrogen-bond donors (Lipinski definition) is 1. The quantitative estimate of drug-likeness (QED) is 0.755. The molecule has 2 rings (SSSR count). The van der Waals surface area contributed by atoms with E-state index in [1.165, 1.54) is 12.1 Å². The second-order valence-corrected chi connectivity index (χ2v) is 4.37. The number of hydrogen-bond acceptors (Lipinski definition) is 3. The lowest BCUT2D eigenvalue weighted by Crippen LogP contribution is -2.17. The Balaban J connectivity index is 1.76. The first-order chi connectivity index (χ1) is 7.74. The van der Waals surface area contributed by atoms with Crippen molar-refractivity contribution < 1.29 is 14.0 Å². The van der Waals surface area contributed by atoms with E-state index in [4.69, 9.17) is 10.6 Å². The topological polar surface area (TPSA) is 44.5 Å². The molecule has 1 saturated carbocycles. The highest BCUT2D eigenvalue weighted by atomic mass is 19.1. The molecule has 0 amide bonds. The Morgan fingerprint density at radius 2 is 2.19 bits per heavy atom. The van der Waals surface area contributed by atoms with Gasteiger partial charge < -0.3 is 9.57 Å². The summed E-state index contributed by atoms with van der Waals surface area (Å²) in [6.45, 7) is 1.16. The molecule has 0 atom stereocenters. The van der Waals surface area contributed by atoms with Crippen LogP contribution in [-0.2, 0) is 4.84 Å². The molecule has 2 N–H and O–H groups in total. The standard InChI is InChI=1S/C12H16FNO2/c13-10-2-1-3-11(8-10)15-7-6-12(4-5-12)9-16-14/h1-3,8H,4-7,9,14H2. The van der Waals surface area contributed by atoms with Crippen LogP contribution in [0.4, 0.5) is 4.39 Å². The second kappa shape index (κ2) is 4.80. The summed E-state index contributed by atoms with van der Waals surface area (Å²) < 4.78 is 18.3. The summed E-state index contributed by atoms with van der Waals surface area (Å²) >= 11 is 0. The van der Waals surface area contributed by atoms with E-state index in [0.29, 0.717) is 19.0 Å². The van der Waals surface area contributed by atoms with Gasteiger partial charge in [0.25, 0.3) is 0 Å². The average molecular weight is 225 g/mol. The highest BCUT2D eigenvalue weighted by Gasteiger charge is 2.42. The number of nitrogens with two attached hydrogens (primary N) is 1. The molecular formula is C12H16FNO2. The smallest absolute Gasteiger partial charge is 0.126 e. The maximum atomic E-state index is 12.8. The molecule has 1 fully saturated rings. The molecule has 16 heavy (non-hydrogen) atoms. The summed E-state index contributed by atoms with van der Waals surface area (Å²) in [6, 6.07) is 6.18. The SMILES string of the molecule is NOCC1(CCOc2cccc(F)c2)CC1. The van der Waals surface area contributed by atoms with Crippen molar-refractivity contribution in [3.05, 3.63) is 30.1 Å². The maximum Gasteiger partial charge on any atom is 0.126 e. The molecule has 0 aromatic heterocycles. The van der Waals surface area contributed by atoms with Crippen LogP contribution in [-0.4, -0.2) is 13.2 Å². The first kappa shape index (κ1) is 11.4. The molecule has 1 aliphatic carbocycles. The fourth-order valence-corrected chi connectivity index (χ4v) is 1.76. The van der Waals surface area contributed by atoms with Crippen molar-refractivity contribution in [1.82, 2.24) is 0 Å². The molecular weight excluding hydrogens is 209 g/mol. The molecule has 1 aliphatic rings. The van der Waals surface area contributed by atoms with E-state index in [0.717, 1.165) is 19.3 Å². The number of ether oxygens (including phenoxy) is 1. The third-order valence-electron chi connectivity index (χ3n) is 3.04. The largest absolute Gasteiger partial charge is 0.493 e. The molecule has 0 spiro atoms. The van der Waals surface area contributed by atoms with Crippen molar-refractivity contribution in [2.45, 2.75) is 19.3 Å². The van der Waals surface area contributed by atoms with Gasteiger partial charge in [-0.25, -0.2) is 10.3 Å². The Kier molecular flexibility index (Phi) is 3.41. The summed E-state index contributed by atoms with van der Waals surface area (Å²) in [4.78, 5) is 4.68. The minimum absolute atomic E-state index is 0.210. The molecule has 1 aromatic carbocycles. The Morgan fingerprint density at radius 1 is 1.38 bits per heavy atom. The summed E-state index contributed by atoms with van der Waals surface area (Å²) in [7, 11) is 0. The van der Waals surface area contributed by atoms with E-state index in [2.05, 4.69) is 4.84 Å². The van der Waals surface area contributed by atoms with Crippen LogP contribution in [0.25, 0.3) is 0 Å². The van der Waals surface area contributed by atoms with Crippen LogP contribution in [0, 0.1) is 11.2 Å². The molecule has 1 aromatic rings. The minimum Gasteiger partial charge on any atom is -0.493 e. The van der Waals surface area contributed by atoms with Gasteiger partial charge in [0.15, 0.2) is 0 Å². The van der Waals surface area contributed by atoms with Gasteiger partial charge in [-0.1, -0.05) is 6.07 Å². The van der Waals surface area contributed by atoms with Crippen molar-refractivity contribution in [3.63, 3.8) is 0 Å². The summed E-state index contributed by atoms with van der Waals surface area (Å²) in [6.07, 6.45) is 3.17.